The molecule has 368 valence electrons. The molecule has 68 heavy (non-hydrogen) atoms. The SMILES string of the molecule is C.C1CCOC1.COc1cc2nn(C3CC(C(C)(C)O)C3)cc2cc1N.COc1cc2nn(C3CC(C(C)(C)O)C3)cc2cc1NC(=O)c1cncc(C(F)(F)F)c1.Cc1cncc(C(=O)O)c1. The molecular weight excluding hydrogens is 886 g/mol. The molecule has 0 spiro atoms. The van der Waals surface area contributed by atoms with Crippen LogP contribution in [-0.4, -0.2) is 95.4 Å². The number of nitrogens with two attached hydrogens (primary N) is 1. The quantitative estimate of drug-likeness (QED) is 0.0854. The lowest BCUT2D eigenvalue weighted by atomic mass is 9.71. The van der Waals surface area contributed by atoms with Crippen LogP contribution in [0.2, 0.25) is 0 Å². The summed E-state index contributed by atoms with van der Waals surface area (Å²) in [6.45, 7) is 11.2. The number of nitrogens with one attached hydrogen (secondary N) is 1. The highest BCUT2D eigenvalue weighted by molar-refractivity contribution is 6.06. The van der Waals surface area contributed by atoms with Crippen molar-refractivity contribution in [3.05, 3.63) is 95.8 Å². The molecule has 6 N–H and O–H groups in total. The van der Waals surface area contributed by atoms with Crippen LogP contribution in [-0.2, 0) is 10.9 Å². The Kier molecular flexibility index (Phi) is 16.8. The van der Waals surface area contributed by atoms with Crippen LogP contribution in [0.1, 0.15) is 118 Å². The monoisotopic (exact) mass is 948 g/mol. The highest BCUT2D eigenvalue weighted by Crippen LogP contribution is 2.45. The number of carboxylic acids is 1. The highest BCUT2D eigenvalue weighted by atomic mass is 19.4. The van der Waals surface area contributed by atoms with Gasteiger partial charge in [-0.3, -0.25) is 24.1 Å². The van der Waals surface area contributed by atoms with Gasteiger partial charge in [-0.25, -0.2) is 4.79 Å². The first kappa shape index (κ1) is 52.7. The molecule has 19 heteroatoms. The van der Waals surface area contributed by atoms with Crippen LogP contribution in [0.5, 0.6) is 11.5 Å². The third kappa shape index (κ3) is 13.2. The number of ether oxygens (including phenoxy) is 3. The number of fused-ring (bicyclic) bond motifs is 2. The van der Waals surface area contributed by atoms with E-state index in [2.05, 4.69) is 25.5 Å². The number of benzene rings is 2. The van der Waals surface area contributed by atoms with Gasteiger partial charge in [0.1, 0.15) is 11.5 Å². The smallest absolute Gasteiger partial charge is 0.417 e. The van der Waals surface area contributed by atoms with Crippen molar-refractivity contribution in [1.29, 1.82) is 0 Å². The molecule has 3 aliphatic rings. The van der Waals surface area contributed by atoms with E-state index >= 15 is 0 Å². The Balaban J connectivity index is 0.000000202. The average Bonchev–Trinajstić information content (AvgIpc) is 4.01. The van der Waals surface area contributed by atoms with E-state index in [-0.39, 0.29) is 30.5 Å². The van der Waals surface area contributed by atoms with Crippen molar-refractivity contribution in [3.63, 3.8) is 0 Å². The van der Waals surface area contributed by atoms with Crippen molar-refractivity contribution >= 4 is 45.1 Å². The molecular formula is C49H63F3N8O8. The Bertz CT molecular complexity index is 2650. The van der Waals surface area contributed by atoms with Crippen molar-refractivity contribution < 1.29 is 52.3 Å². The average molecular weight is 949 g/mol. The van der Waals surface area contributed by atoms with Gasteiger partial charge in [-0.05, 0) is 115 Å². The summed E-state index contributed by atoms with van der Waals surface area (Å²) in [5.41, 5.74) is 6.95. The number of pyridine rings is 2. The number of alkyl halides is 3. The molecule has 1 aliphatic heterocycles. The fourth-order valence-corrected chi connectivity index (χ4v) is 7.84. The third-order valence-electron chi connectivity index (χ3n) is 12.2. The van der Waals surface area contributed by atoms with Crippen LogP contribution in [0.25, 0.3) is 21.8 Å². The van der Waals surface area contributed by atoms with Crippen LogP contribution in [0, 0.1) is 18.8 Å². The predicted octanol–water partition coefficient (Wildman–Crippen LogP) is 9.30. The Morgan fingerprint density at radius 3 is 1.69 bits per heavy atom. The minimum Gasteiger partial charge on any atom is -0.495 e. The Morgan fingerprint density at radius 1 is 0.750 bits per heavy atom. The zero-order valence-electron chi connectivity index (χ0n) is 38.7. The molecule has 0 atom stereocenters. The van der Waals surface area contributed by atoms with E-state index in [9.17, 15) is 33.0 Å². The van der Waals surface area contributed by atoms with Crippen LogP contribution in [0.3, 0.4) is 0 Å². The van der Waals surface area contributed by atoms with E-state index in [0.29, 0.717) is 46.5 Å². The lowest BCUT2D eigenvalue weighted by Crippen LogP contribution is -2.41. The normalized spacial score (nSPS) is 18.8. The van der Waals surface area contributed by atoms with Crippen LogP contribution >= 0.6 is 0 Å². The van der Waals surface area contributed by atoms with Gasteiger partial charge in [0.2, 0.25) is 0 Å². The number of nitrogen functional groups attached to an aromatic ring is 1. The Labute approximate surface area is 393 Å². The second kappa shape index (κ2) is 21.8. The lowest BCUT2D eigenvalue weighted by molar-refractivity contribution is -0.137. The first-order chi connectivity index (χ1) is 31.5. The number of hydrogen-bond acceptors (Lipinski definition) is 12. The number of aromatic carboxylic acids is 1. The van der Waals surface area contributed by atoms with Crippen LogP contribution in [0.15, 0.2) is 73.6 Å². The number of methoxy groups -OCH3 is 2. The van der Waals surface area contributed by atoms with E-state index < -0.39 is 34.8 Å². The fraction of sp³-hybridized carbons (Fsp3) is 0.469. The van der Waals surface area contributed by atoms with Gasteiger partial charge in [-0.1, -0.05) is 7.43 Å². The van der Waals surface area contributed by atoms with Crippen LogP contribution < -0.4 is 20.5 Å². The zero-order chi connectivity index (χ0) is 48.8. The van der Waals surface area contributed by atoms with Gasteiger partial charge in [-0.15, -0.1) is 0 Å². The largest absolute Gasteiger partial charge is 0.495 e. The molecule has 1 amide bonds. The van der Waals surface area contributed by atoms with Gasteiger partial charge in [0, 0.05) is 73.3 Å². The van der Waals surface area contributed by atoms with Crippen LogP contribution in [0.4, 0.5) is 24.5 Å². The maximum absolute atomic E-state index is 12.9. The summed E-state index contributed by atoms with van der Waals surface area (Å²) in [5.74, 6) is -0.133. The number of hydrogen-bond donors (Lipinski definition) is 5. The summed E-state index contributed by atoms with van der Waals surface area (Å²) >= 11 is 0. The van der Waals surface area contributed by atoms with Gasteiger partial charge in [0.05, 0.1) is 76.6 Å². The number of aromatic nitrogens is 6. The molecule has 5 heterocycles. The highest BCUT2D eigenvalue weighted by Gasteiger charge is 2.41. The molecule has 3 fully saturated rings. The third-order valence-corrected chi connectivity index (χ3v) is 12.2. The predicted molar refractivity (Wildman–Crippen MR) is 253 cm³/mol. The molecule has 4 aromatic heterocycles. The van der Waals surface area contributed by atoms with Gasteiger partial charge in [-0.2, -0.15) is 23.4 Å². The molecule has 2 saturated carbocycles. The first-order valence-electron chi connectivity index (χ1n) is 21.9. The number of carbonyl (C=O) groups is 2. The van der Waals surface area contributed by atoms with Gasteiger partial charge in [0.15, 0.2) is 0 Å². The first-order valence-corrected chi connectivity index (χ1v) is 21.9. The molecule has 2 aromatic carbocycles. The van der Waals surface area contributed by atoms with Crippen molar-refractivity contribution in [2.24, 2.45) is 11.8 Å². The lowest BCUT2D eigenvalue weighted by Gasteiger charge is -2.42. The van der Waals surface area contributed by atoms with E-state index in [0.717, 1.165) is 73.0 Å². The molecule has 0 unspecified atom stereocenters. The number of rotatable bonds is 9. The number of nitrogens with zero attached hydrogens (tertiary/aromatic N) is 6. The minimum atomic E-state index is -4.60. The minimum absolute atomic E-state index is 0. The number of carbonyl (C=O) groups excluding carboxylic acids is 1. The maximum atomic E-state index is 12.9. The Morgan fingerprint density at radius 2 is 1.25 bits per heavy atom. The zero-order valence-corrected chi connectivity index (χ0v) is 38.7. The van der Waals surface area contributed by atoms with Gasteiger partial charge >= 0.3 is 12.1 Å². The van der Waals surface area contributed by atoms with E-state index in [4.69, 9.17) is 25.1 Å². The topological polar surface area (TPSA) is 222 Å². The molecule has 6 aromatic rings. The maximum Gasteiger partial charge on any atom is 0.417 e. The van der Waals surface area contributed by atoms with E-state index in [1.54, 1.807) is 52.3 Å². The second-order valence-corrected chi connectivity index (χ2v) is 18.2. The van der Waals surface area contributed by atoms with Gasteiger partial charge < -0.3 is 40.6 Å². The second-order valence-electron chi connectivity index (χ2n) is 18.2. The Hall–Kier alpha value is -6.31. The van der Waals surface area contributed by atoms with Crippen molar-refractivity contribution in [2.45, 2.75) is 110 Å². The van der Waals surface area contributed by atoms with E-state index in [1.807, 2.05) is 47.7 Å². The number of halogens is 3. The summed E-state index contributed by atoms with van der Waals surface area (Å²) < 4.78 is 58.1. The number of aryl methyl sites for hydroxylation is 1. The molecule has 1 saturated heterocycles. The van der Waals surface area contributed by atoms with Crippen molar-refractivity contribution in [1.82, 2.24) is 29.5 Å². The van der Waals surface area contributed by atoms with Crippen molar-refractivity contribution in [2.75, 3.05) is 38.5 Å². The fourth-order valence-electron chi connectivity index (χ4n) is 7.84. The van der Waals surface area contributed by atoms with Crippen molar-refractivity contribution in [3.8, 4) is 11.5 Å². The molecule has 0 radical (unpaired) electrons. The summed E-state index contributed by atoms with van der Waals surface area (Å²) in [4.78, 5) is 30.1. The molecule has 2 aliphatic carbocycles. The summed E-state index contributed by atoms with van der Waals surface area (Å²) in [6.07, 6.45) is 10.1. The summed E-state index contributed by atoms with van der Waals surface area (Å²) in [5, 5.41) is 42.1. The number of aliphatic hydroxyl groups is 2. The number of amides is 1. The van der Waals surface area contributed by atoms with E-state index in [1.165, 1.54) is 26.1 Å². The van der Waals surface area contributed by atoms with Gasteiger partial charge in [0.25, 0.3) is 5.91 Å². The summed E-state index contributed by atoms with van der Waals surface area (Å²) in [6, 6.07) is 9.96. The molecule has 16 nitrogen and oxygen atoms in total. The number of carboxylic acid groups (broad SMARTS) is 1. The molecule has 0 bridgehead atoms. The standard InChI is InChI=1S/C22H23F3N4O3.C15H21N3O2.C7H7NO2.C4H8O.CH4/c1-21(2,31)14-6-16(7-14)29-11-13-5-18(19(32-3)8-17(13)28-29)27-20(30)12-4-15(10-26-9-12)22(23,24)25;1-15(2,19)10-5-11(6-10)18-8-9-4-12(16)14(20-3)7-13(9)17-18;1-5-2-6(7(9)10)4-8-3-5;1-2-4-5-3-1;/h4-5,8-11,14,16,31H,6-7H2,1-3H3,(H,27,30);4,7-8,10-11,19H,5-6,16H2,1-3H3;2-4H,1H3,(H,9,10);1-4H2;1H4. The number of anilines is 2. The summed E-state index contributed by atoms with van der Waals surface area (Å²) in [7, 11) is 3.04. The molecule has 9 rings (SSSR count).